The summed E-state index contributed by atoms with van der Waals surface area (Å²) >= 11 is 0. The first-order valence-corrected chi connectivity index (χ1v) is 4.85. The normalized spacial score (nSPS) is 10.1. The molecule has 6 heteroatoms. The Morgan fingerprint density at radius 1 is 1.56 bits per heavy atom. The van der Waals surface area contributed by atoms with Crippen molar-refractivity contribution in [2.24, 2.45) is 0 Å². The van der Waals surface area contributed by atoms with Crippen molar-refractivity contribution >= 4 is 5.91 Å². The second-order valence-corrected chi connectivity index (χ2v) is 3.17. The van der Waals surface area contributed by atoms with Gasteiger partial charge >= 0.3 is 0 Å². The van der Waals surface area contributed by atoms with E-state index in [2.05, 4.69) is 5.32 Å². The molecule has 0 unspecified atom stereocenters. The van der Waals surface area contributed by atoms with Crippen molar-refractivity contribution < 1.29 is 19.4 Å². The van der Waals surface area contributed by atoms with E-state index in [0.717, 1.165) is 12.5 Å². The predicted molar refractivity (Wildman–Crippen MR) is 55.2 cm³/mol. The maximum atomic E-state index is 11.5. The third kappa shape index (κ3) is 2.60. The lowest BCUT2D eigenvalue weighted by Gasteiger charge is -2.05. The number of aromatic hydroxyl groups is 1. The minimum atomic E-state index is -0.753. The van der Waals surface area contributed by atoms with Gasteiger partial charge in [-0.15, -0.1) is 0 Å². The molecule has 16 heavy (non-hydrogen) atoms. The number of nitrogens with one attached hydrogen (secondary N) is 1. The minimum Gasteiger partial charge on any atom is -0.501 e. The van der Waals surface area contributed by atoms with Crippen molar-refractivity contribution in [1.29, 1.82) is 0 Å². The molecule has 0 aliphatic rings. The smallest absolute Gasteiger partial charge is 0.291 e. The number of hydrogen-bond acceptors (Lipinski definition) is 5. The van der Waals surface area contributed by atoms with Crippen LogP contribution in [0.15, 0.2) is 15.3 Å². The van der Waals surface area contributed by atoms with Gasteiger partial charge in [0.2, 0.25) is 16.9 Å². The molecule has 1 heterocycles. The summed E-state index contributed by atoms with van der Waals surface area (Å²) in [6.07, 6.45) is 0.719. The van der Waals surface area contributed by atoms with Crippen LogP contribution in [0.2, 0.25) is 0 Å². The van der Waals surface area contributed by atoms with Crippen LogP contribution in [-0.2, 0) is 6.61 Å². The minimum absolute atomic E-state index is 0.0653. The summed E-state index contributed by atoms with van der Waals surface area (Å²) in [7, 11) is 0. The zero-order chi connectivity index (χ0) is 12.1. The number of hydrogen-bond donors (Lipinski definition) is 3. The molecule has 0 aliphatic carbocycles. The zero-order valence-electron chi connectivity index (χ0n) is 8.82. The van der Waals surface area contributed by atoms with Crippen LogP contribution in [0.3, 0.4) is 0 Å². The van der Waals surface area contributed by atoms with E-state index < -0.39 is 29.5 Å². The Hall–Kier alpha value is -1.82. The van der Waals surface area contributed by atoms with Crippen LogP contribution in [0.25, 0.3) is 0 Å². The van der Waals surface area contributed by atoms with Gasteiger partial charge in [-0.25, -0.2) is 0 Å². The van der Waals surface area contributed by atoms with Crippen LogP contribution in [0.5, 0.6) is 5.75 Å². The molecule has 0 saturated heterocycles. The van der Waals surface area contributed by atoms with Crippen LogP contribution in [0.4, 0.5) is 0 Å². The van der Waals surface area contributed by atoms with Crippen molar-refractivity contribution in [2.45, 2.75) is 20.0 Å². The topological polar surface area (TPSA) is 99.8 Å². The Balaban J connectivity index is 3.07. The van der Waals surface area contributed by atoms with Gasteiger partial charge in [0.1, 0.15) is 12.4 Å². The van der Waals surface area contributed by atoms with E-state index in [-0.39, 0.29) is 5.76 Å². The van der Waals surface area contributed by atoms with Crippen molar-refractivity contribution in [2.75, 3.05) is 6.54 Å². The Bertz CT molecular complexity index is 437. The van der Waals surface area contributed by atoms with E-state index in [1.165, 1.54) is 0 Å². The summed E-state index contributed by atoms with van der Waals surface area (Å²) in [6.45, 7) is 1.76. The summed E-state index contributed by atoms with van der Waals surface area (Å²) in [5.41, 5.74) is -0.753. The molecule has 0 atom stereocenters. The van der Waals surface area contributed by atoms with E-state index in [1.54, 1.807) is 0 Å². The maximum absolute atomic E-state index is 11.5. The van der Waals surface area contributed by atoms with Crippen molar-refractivity contribution in [1.82, 2.24) is 5.32 Å². The van der Waals surface area contributed by atoms with E-state index in [1.807, 2.05) is 6.92 Å². The highest BCUT2D eigenvalue weighted by Gasteiger charge is 2.17. The molecule has 0 saturated carbocycles. The highest BCUT2D eigenvalue weighted by atomic mass is 16.4. The Kier molecular flexibility index (Phi) is 4.07. The molecular formula is C10H13NO5. The number of amides is 1. The zero-order valence-corrected chi connectivity index (χ0v) is 8.82. The predicted octanol–water partition coefficient (Wildman–Crippen LogP) is -0.0225. The summed E-state index contributed by atoms with van der Waals surface area (Å²) in [4.78, 5) is 22.7. The van der Waals surface area contributed by atoms with E-state index >= 15 is 0 Å². The SMILES string of the molecule is CCCNC(=O)c1oc(CO)cc(=O)c1O. The number of carbonyl (C=O) groups excluding carboxylic acids is 1. The number of aliphatic hydroxyl groups is 1. The molecule has 1 aromatic rings. The van der Waals surface area contributed by atoms with Gasteiger partial charge in [-0.05, 0) is 6.42 Å². The van der Waals surface area contributed by atoms with Crippen LogP contribution in [-0.4, -0.2) is 22.7 Å². The van der Waals surface area contributed by atoms with Crippen LogP contribution in [0.1, 0.15) is 29.7 Å². The molecule has 1 amide bonds. The van der Waals surface area contributed by atoms with Crippen molar-refractivity contribution in [3.05, 3.63) is 27.8 Å². The highest BCUT2D eigenvalue weighted by molar-refractivity contribution is 5.93. The Morgan fingerprint density at radius 2 is 2.25 bits per heavy atom. The average Bonchev–Trinajstić information content (AvgIpc) is 2.29. The number of aliphatic hydroxyl groups excluding tert-OH is 1. The third-order valence-electron chi connectivity index (χ3n) is 1.87. The van der Waals surface area contributed by atoms with Gasteiger partial charge in [0, 0.05) is 12.6 Å². The number of carbonyl (C=O) groups is 1. The van der Waals surface area contributed by atoms with Gasteiger partial charge in [0.25, 0.3) is 5.91 Å². The maximum Gasteiger partial charge on any atom is 0.291 e. The van der Waals surface area contributed by atoms with E-state index in [0.29, 0.717) is 6.54 Å². The summed E-state index contributed by atoms with van der Waals surface area (Å²) in [6, 6.07) is 0.936. The lowest BCUT2D eigenvalue weighted by molar-refractivity contribution is 0.0911. The molecule has 6 nitrogen and oxygen atoms in total. The fraction of sp³-hybridized carbons (Fsp3) is 0.400. The second kappa shape index (κ2) is 5.32. The molecule has 0 radical (unpaired) electrons. The fourth-order valence-corrected chi connectivity index (χ4v) is 1.09. The van der Waals surface area contributed by atoms with Crippen molar-refractivity contribution in [3.63, 3.8) is 0 Å². The van der Waals surface area contributed by atoms with Crippen molar-refractivity contribution in [3.8, 4) is 5.75 Å². The van der Waals surface area contributed by atoms with Gasteiger partial charge in [-0.3, -0.25) is 9.59 Å². The monoisotopic (exact) mass is 227 g/mol. The van der Waals surface area contributed by atoms with Crippen LogP contribution < -0.4 is 10.7 Å². The molecule has 0 aliphatic heterocycles. The Morgan fingerprint density at radius 3 is 2.81 bits per heavy atom. The molecule has 1 aromatic heterocycles. The average molecular weight is 227 g/mol. The van der Waals surface area contributed by atoms with Crippen LogP contribution >= 0.6 is 0 Å². The molecular weight excluding hydrogens is 214 g/mol. The van der Waals surface area contributed by atoms with Gasteiger partial charge < -0.3 is 19.9 Å². The van der Waals surface area contributed by atoms with Gasteiger partial charge in [-0.2, -0.15) is 0 Å². The lowest BCUT2D eigenvalue weighted by Crippen LogP contribution is -2.25. The third-order valence-corrected chi connectivity index (χ3v) is 1.87. The van der Waals surface area contributed by atoms with Gasteiger partial charge in [-0.1, -0.05) is 6.92 Å². The lowest BCUT2D eigenvalue weighted by atomic mass is 10.3. The van der Waals surface area contributed by atoms with Gasteiger partial charge in [0.15, 0.2) is 0 Å². The van der Waals surface area contributed by atoms with E-state index in [9.17, 15) is 14.7 Å². The molecule has 0 aromatic carbocycles. The highest BCUT2D eigenvalue weighted by Crippen LogP contribution is 2.13. The molecule has 88 valence electrons. The molecule has 3 N–H and O–H groups in total. The van der Waals surface area contributed by atoms with Gasteiger partial charge in [0.05, 0.1) is 0 Å². The second-order valence-electron chi connectivity index (χ2n) is 3.17. The summed E-state index contributed by atoms with van der Waals surface area (Å²) in [5, 5.41) is 20.6. The first-order valence-electron chi connectivity index (χ1n) is 4.85. The van der Waals surface area contributed by atoms with Crippen LogP contribution in [0, 0.1) is 0 Å². The summed E-state index contributed by atoms with van der Waals surface area (Å²) in [5.74, 6) is -1.95. The summed E-state index contributed by atoms with van der Waals surface area (Å²) < 4.78 is 4.88. The molecule has 1 rings (SSSR count). The Labute approximate surface area is 91.5 Å². The first kappa shape index (κ1) is 12.3. The standard InChI is InChI=1S/C10H13NO5/c1-2-3-11-10(15)9-8(14)7(13)4-6(5-12)16-9/h4,12,14H,2-3,5H2,1H3,(H,11,15). The molecule has 0 bridgehead atoms. The fourth-order valence-electron chi connectivity index (χ4n) is 1.09. The number of rotatable bonds is 4. The van der Waals surface area contributed by atoms with E-state index in [4.69, 9.17) is 9.52 Å². The quantitative estimate of drug-likeness (QED) is 0.671. The molecule has 0 spiro atoms. The largest absolute Gasteiger partial charge is 0.501 e. The first-order chi connectivity index (χ1) is 7.60. The molecule has 0 fully saturated rings.